The summed E-state index contributed by atoms with van der Waals surface area (Å²) in [5.41, 5.74) is 6.22. The number of anilines is 1. The quantitative estimate of drug-likeness (QED) is 0.775. The summed E-state index contributed by atoms with van der Waals surface area (Å²) in [5.74, 6) is -0.502. The van der Waals surface area contributed by atoms with Gasteiger partial charge in [-0.05, 0) is 25.1 Å². The first-order chi connectivity index (χ1) is 8.49. The van der Waals surface area contributed by atoms with E-state index < -0.39 is 12.2 Å². The monoisotopic (exact) mass is 272 g/mol. The smallest absolute Gasteiger partial charge is 0.248 e. The van der Waals surface area contributed by atoms with E-state index in [9.17, 15) is 4.79 Å². The zero-order valence-corrected chi connectivity index (χ0v) is 11.3. The zero-order chi connectivity index (χ0) is 13.7. The fraction of sp³-hybridized carbons (Fsp3) is 0.417. The minimum absolute atomic E-state index is 0.138. The molecule has 1 aromatic carbocycles. The van der Waals surface area contributed by atoms with Gasteiger partial charge in [-0.25, -0.2) is 0 Å². The number of carbonyl (C=O) groups is 1. The lowest BCUT2D eigenvalue weighted by Gasteiger charge is -2.23. The van der Waals surface area contributed by atoms with Crippen molar-refractivity contribution < 1.29 is 14.3 Å². The molecular weight excluding hydrogens is 256 g/mol. The van der Waals surface area contributed by atoms with Gasteiger partial charge in [-0.3, -0.25) is 4.79 Å². The lowest BCUT2D eigenvalue weighted by Crippen LogP contribution is -2.33. The normalized spacial score (nSPS) is 12.5. The lowest BCUT2D eigenvalue weighted by atomic mass is 10.1. The average Bonchev–Trinajstić information content (AvgIpc) is 2.33. The third kappa shape index (κ3) is 3.60. The molecule has 0 saturated carbocycles. The molecule has 6 heteroatoms. The summed E-state index contributed by atoms with van der Waals surface area (Å²) in [6.45, 7) is 1.88. The number of halogens is 1. The van der Waals surface area contributed by atoms with Crippen LogP contribution in [0.1, 0.15) is 17.3 Å². The molecule has 0 bridgehead atoms. The van der Waals surface area contributed by atoms with Gasteiger partial charge in [-0.1, -0.05) is 11.6 Å². The molecule has 100 valence electrons. The molecule has 3 N–H and O–H groups in total. The van der Waals surface area contributed by atoms with E-state index >= 15 is 0 Å². The van der Waals surface area contributed by atoms with E-state index in [0.29, 0.717) is 16.3 Å². The number of amides is 1. The fourth-order valence-corrected chi connectivity index (χ4v) is 1.78. The van der Waals surface area contributed by atoms with Crippen molar-refractivity contribution in [2.75, 3.05) is 19.5 Å². The number of methoxy groups -OCH3 is 2. The van der Waals surface area contributed by atoms with E-state index in [4.69, 9.17) is 26.8 Å². The van der Waals surface area contributed by atoms with Gasteiger partial charge in [-0.2, -0.15) is 0 Å². The topological polar surface area (TPSA) is 73.6 Å². The first-order valence-electron chi connectivity index (χ1n) is 5.41. The van der Waals surface area contributed by atoms with Gasteiger partial charge in [0.05, 0.1) is 16.8 Å². The van der Waals surface area contributed by atoms with Crippen molar-refractivity contribution in [3.63, 3.8) is 0 Å². The first-order valence-corrected chi connectivity index (χ1v) is 5.79. The number of ether oxygens (including phenoxy) is 2. The van der Waals surface area contributed by atoms with Gasteiger partial charge >= 0.3 is 0 Å². The minimum Gasteiger partial charge on any atom is -0.376 e. The highest BCUT2D eigenvalue weighted by Crippen LogP contribution is 2.24. The average molecular weight is 273 g/mol. The second kappa shape index (κ2) is 6.58. The van der Waals surface area contributed by atoms with Crippen LogP contribution >= 0.6 is 11.6 Å². The van der Waals surface area contributed by atoms with E-state index in [1.54, 1.807) is 32.4 Å². The van der Waals surface area contributed by atoms with Crippen LogP contribution in [-0.2, 0) is 9.47 Å². The zero-order valence-electron chi connectivity index (χ0n) is 10.6. The van der Waals surface area contributed by atoms with Crippen molar-refractivity contribution >= 4 is 23.2 Å². The molecule has 1 atom stereocenters. The number of benzene rings is 1. The van der Waals surface area contributed by atoms with Crippen LogP contribution < -0.4 is 11.1 Å². The van der Waals surface area contributed by atoms with Crippen LogP contribution in [0.15, 0.2) is 18.2 Å². The van der Waals surface area contributed by atoms with Crippen molar-refractivity contribution in [2.24, 2.45) is 5.73 Å². The molecule has 5 nitrogen and oxygen atoms in total. The predicted molar refractivity (Wildman–Crippen MR) is 70.9 cm³/mol. The van der Waals surface area contributed by atoms with E-state index in [1.807, 2.05) is 6.92 Å². The van der Waals surface area contributed by atoms with Gasteiger partial charge in [0.1, 0.15) is 0 Å². The Morgan fingerprint density at radius 2 is 2.00 bits per heavy atom. The number of carbonyl (C=O) groups excluding carboxylic acids is 1. The van der Waals surface area contributed by atoms with Crippen LogP contribution in [0.4, 0.5) is 5.69 Å². The number of hydrogen-bond acceptors (Lipinski definition) is 4. The maximum atomic E-state index is 11.1. The molecule has 0 aliphatic carbocycles. The molecule has 0 radical (unpaired) electrons. The number of rotatable bonds is 6. The van der Waals surface area contributed by atoms with E-state index in [-0.39, 0.29) is 6.04 Å². The molecule has 0 heterocycles. The molecule has 0 spiro atoms. The van der Waals surface area contributed by atoms with Gasteiger partial charge in [0.15, 0.2) is 6.29 Å². The van der Waals surface area contributed by atoms with Crippen LogP contribution in [-0.4, -0.2) is 32.5 Å². The first kappa shape index (κ1) is 14.8. The van der Waals surface area contributed by atoms with Crippen molar-refractivity contribution in [1.29, 1.82) is 0 Å². The molecule has 0 saturated heterocycles. The highest BCUT2D eigenvalue weighted by Gasteiger charge is 2.17. The summed E-state index contributed by atoms with van der Waals surface area (Å²) >= 11 is 6.04. The van der Waals surface area contributed by atoms with Gasteiger partial charge in [0.25, 0.3) is 0 Å². The summed E-state index contributed by atoms with van der Waals surface area (Å²) in [6, 6.07) is 4.65. The van der Waals surface area contributed by atoms with Gasteiger partial charge in [-0.15, -0.1) is 0 Å². The summed E-state index contributed by atoms with van der Waals surface area (Å²) < 4.78 is 10.3. The van der Waals surface area contributed by atoms with E-state index in [0.717, 1.165) is 0 Å². The Kier molecular flexibility index (Phi) is 5.40. The molecule has 1 aromatic rings. The SMILES string of the molecule is COC(OC)C(C)Nc1cc(C(N)=O)ccc1Cl. The Morgan fingerprint density at radius 3 is 2.50 bits per heavy atom. The van der Waals surface area contributed by atoms with Crippen LogP contribution in [0.2, 0.25) is 5.02 Å². The van der Waals surface area contributed by atoms with Crippen LogP contribution in [0.5, 0.6) is 0 Å². The number of nitrogens with two attached hydrogens (primary N) is 1. The van der Waals surface area contributed by atoms with Crippen molar-refractivity contribution in [3.05, 3.63) is 28.8 Å². The van der Waals surface area contributed by atoms with Gasteiger partial charge in [0.2, 0.25) is 5.91 Å². The number of nitrogens with one attached hydrogen (secondary N) is 1. The third-order valence-corrected chi connectivity index (χ3v) is 2.84. The highest BCUT2D eigenvalue weighted by molar-refractivity contribution is 6.33. The molecule has 0 aliphatic heterocycles. The molecule has 1 unspecified atom stereocenters. The van der Waals surface area contributed by atoms with E-state index in [1.165, 1.54) is 0 Å². The molecule has 18 heavy (non-hydrogen) atoms. The molecular formula is C12H17ClN2O3. The standard InChI is InChI=1S/C12H17ClN2O3/c1-7(12(17-2)18-3)15-10-6-8(11(14)16)4-5-9(10)13/h4-7,12,15H,1-3H3,(H2,14,16). The van der Waals surface area contributed by atoms with Crippen molar-refractivity contribution in [2.45, 2.75) is 19.3 Å². The number of hydrogen-bond donors (Lipinski definition) is 2. The fourth-order valence-electron chi connectivity index (χ4n) is 1.61. The van der Waals surface area contributed by atoms with Gasteiger partial charge in [0, 0.05) is 19.8 Å². The lowest BCUT2D eigenvalue weighted by molar-refractivity contribution is -0.109. The molecule has 0 fully saturated rings. The Morgan fingerprint density at radius 1 is 1.39 bits per heavy atom. The maximum Gasteiger partial charge on any atom is 0.248 e. The molecule has 0 aliphatic rings. The van der Waals surface area contributed by atoms with Crippen molar-refractivity contribution in [1.82, 2.24) is 0 Å². The highest BCUT2D eigenvalue weighted by atomic mass is 35.5. The molecule has 0 aromatic heterocycles. The molecule has 1 amide bonds. The maximum absolute atomic E-state index is 11.1. The Labute approximate surface area is 111 Å². The Hall–Kier alpha value is -1.30. The summed E-state index contributed by atoms with van der Waals surface area (Å²) in [6.07, 6.45) is -0.418. The second-order valence-electron chi connectivity index (χ2n) is 3.83. The van der Waals surface area contributed by atoms with Crippen LogP contribution in [0.25, 0.3) is 0 Å². The third-order valence-electron chi connectivity index (χ3n) is 2.51. The second-order valence-corrected chi connectivity index (χ2v) is 4.24. The Balaban J connectivity index is 2.89. The van der Waals surface area contributed by atoms with Gasteiger partial charge < -0.3 is 20.5 Å². The summed E-state index contributed by atoms with van der Waals surface area (Å²) in [7, 11) is 3.10. The predicted octanol–water partition coefficient (Wildman–Crippen LogP) is 1.86. The minimum atomic E-state index is -0.502. The van der Waals surface area contributed by atoms with Crippen LogP contribution in [0, 0.1) is 0 Å². The largest absolute Gasteiger partial charge is 0.376 e. The number of primary amides is 1. The summed E-state index contributed by atoms with van der Waals surface area (Å²) in [4.78, 5) is 11.1. The van der Waals surface area contributed by atoms with Crippen molar-refractivity contribution in [3.8, 4) is 0 Å². The van der Waals surface area contributed by atoms with Crippen LogP contribution in [0.3, 0.4) is 0 Å². The molecule has 1 rings (SSSR count). The Bertz CT molecular complexity index is 422. The summed E-state index contributed by atoms with van der Waals surface area (Å²) in [5, 5.41) is 3.62. The van der Waals surface area contributed by atoms with E-state index in [2.05, 4.69) is 5.32 Å².